The summed E-state index contributed by atoms with van der Waals surface area (Å²) < 4.78 is 0. The lowest BCUT2D eigenvalue weighted by atomic mass is 10.2. The molecule has 1 fully saturated rings. The van der Waals surface area contributed by atoms with Crippen LogP contribution in [0.4, 0.5) is 5.69 Å². The third-order valence-electron chi connectivity index (χ3n) is 2.62. The van der Waals surface area contributed by atoms with Crippen LogP contribution in [-0.2, 0) is 0 Å². The zero-order chi connectivity index (χ0) is 13.0. The second kappa shape index (κ2) is 6.59. The second-order valence-corrected chi connectivity index (χ2v) is 6.91. The maximum Gasteiger partial charge on any atom is 0.335 e. The molecule has 0 aliphatic carbocycles. The number of benzene rings is 1. The van der Waals surface area contributed by atoms with Gasteiger partial charge >= 0.3 is 5.97 Å². The summed E-state index contributed by atoms with van der Waals surface area (Å²) in [5, 5.41) is 13.2. The molecule has 0 amide bonds. The van der Waals surface area contributed by atoms with Crippen LogP contribution in [0.5, 0.6) is 0 Å². The van der Waals surface area contributed by atoms with E-state index in [4.69, 9.17) is 16.7 Å². The van der Waals surface area contributed by atoms with E-state index >= 15 is 0 Å². The molecule has 2 N–H and O–H groups in total. The first kappa shape index (κ1) is 13.9. The maximum atomic E-state index is 10.8. The van der Waals surface area contributed by atoms with E-state index in [2.05, 4.69) is 5.32 Å². The molecule has 1 unspecified atom stereocenters. The van der Waals surface area contributed by atoms with Crippen molar-refractivity contribution in [3.8, 4) is 0 Å². The Morgan fingerprint density at radius 1 is 1.50 bits per heavy atom. The number of carbonyl (C=O) groups is 1. The van der Waals surface area contributed by atoms with Crippen LogP contribution in [0.25, 0.3) is 0 Å². The van der Waals surface area contributed by atoms with E-state index in [1.807, 2.05) is 23.5 Å². The Kier molecular flexibility index (Phi) is 5.09. The smallest absolute Gasteiger partial charge is 0.335 e. The molecule has 1 aromatic carbocycles. The van der Waals surface area contributed by atoms with E-state index < -0.39 is 5.97 Å². The Morgan fingerprint density at radius 3 is 2.94 bits per heavy atom. The van der Waals surface area contributed by atoms with Crippen molar-refractivity contribution < 1.29 is 9.90 Å². The standard InChI is InChI=1S/C12H14ClNO2S2/c13-10-5-8(12(15)16)1-2-11(10)14-6-9-7-17-3-4-18-9/h1-2,5,9,14H,3-4,6-7H2,(H,15,16). The highest BCUT2D eigenvalue weighted by Crippen LogP contribution is 2.27. The monoisotopic (exact) mass is 303 g/mol. The quantitative estimate of drug-likeness (QED) is 0.894. The van der Waals surface area contributed by atoms with Crippen LogP contribution in [0.2, 0.25) is 5.02 Å². The van der Waals surface area contributed by atoms with Crippen molar-refractivity contribution in [2.75, 3.05) is 29.1 Å². The van der Waals surface area contributed by atoms with Gasteiger partial charge in [-0.25, -0.2) is 4.79 Å². The lowest BCUT2D eigenvalue weighted by molar-refractivity contribution is 0.0697. The summed E-state index contributed by atoms with van der Waals surface area (Å²) in [5.74, 6) is 2.63. The van der Waals surface area contributed by atoms with Crippen LogP contribution < -0.4 is 5.32 Å². The van der Waals surface area contributed by atoms with Crippen LogP contribution in [0.1, 0.15) is 10.4 Å². The summed E-state index contributed by atoms with van der Waals surface area (Å²) in [6.07, 6.45) is 0. The normalized spacial score (nSPS) is 19.5. The van der Waals surface area contributed by atoms with Crippen molar-refractivity contribution in [2.45, 2.75) is 5.25 Å². The van der Waals surface area contributed by atoms with E-state index in [0.717, 1.165) is 18.0 Å². The van der Waals surface area contributed by atoms with Crippen molar-refractivity contribution in [3.05, 3.63) is 28.8 Å². The summed E-state index contributed by atoms with van der Waals surface area (Å²) in [6, 6.07) is 4.78. The summed E-state index contributed by atoms with van der Waals surface area (Å²) >= 11 is 10.0. The van der Waals surface area contributed by atoms with Crippen LogP contribution in [0.3, 0.4) is 0 Å². The van der Waals surface area contributed by atoms with Crippen molar-refractivity contribution in [2.24, 2.45) is 0 Å². The third-order valence-corrected chi connectivity index (χ3v) is 5.78. The van der Waals surface area contributed by atoms with E-state index in [1.54, 1.807) is 12.1 Å². The van der Waals surface area contributed by atoms with Gasteiger partial charge < -0.3 is 10.4 Å². The molecule has 1 aromatic rings. The zero-order valence-electron chi connectivity index (χ0n) is 9.69. The van der Waals surface area contributed by atoms with Gasteiger partial charge in [-0.15, -0.1) is 0 Å². The van der Waals surface area contributed by atoms with E-state index in [1.165, 1.54) is 17.6 Å². The highest BCUT2D eigenvalue weighted by Gasteiger charge is 2.14. The molecular formula is C12H14ClNO2S2. The van der Waals surface area contributed by atoms with Crippen LogP contribution in [0, 0.1) is 0 Å². The molecule has 0 spiro atoms. The average molecular weight is 304 g/mol. The van der Waals surface area contributed by atoms with Crippen molar-refractivity contribution in [1.82, 2.24) is 0 Å². The maximum absolute atomic E-state index is 10.8. The number of hydrogen-bond donors (Lipinski definition) is 2. The molecule has 6 heteroatoms. The molecule has 1 aliphatic heterocycles. The molecular weight excluding hydrogens is 290 g/mol. The fourth-order valence-corrected chi connectivity index (χ4v) is 4.53. The molecule has 2 rings (SSSR count). The Balaban J connectivity index is 1.94. The number of nitrogens with one attached hydrogen (secondary N) is 1. The minimum Gasteiger partial charge on any atom is -0.478 e. The first-order chi connectivity index (χ1) is 8.66. The molecule has 1 atom stereocenters. The highest BCUT2D eigenvalue weighted by molar-refractivity contribution is 8.06. The second-order valence-electron chi connectivity index (χ2n) is 3.95. The Morgan fingerprint density at radius 2 is 2.33 bits per heavy atom. The number of carboxylic acid groups (broad SMARTS) is 1. The van der Waals surface area contributed by atoms with Crippen LogP contribution >= 0.6 is 35.1 Å². The Bertz CT molecular complexity index is 436. The van der Waals surface area contributed by atoms with Gasteiger partial charge in [-0.1, -0.05) is 11.6 Å². The van der Waals surface area contributed by atoms with Gasteiger partial charge in [0.1, 0.15) is 0 Å². The van der Waals surface area contributed by atoms with E-state index in [-0.39, 0.29) is 5.56 Å². The molecule has 0 saturated carbocycles. The first-order valence-electron chi connectivity index (χ1n) is 5.63. The van der Waals surface area contributed by atoms with Crippen molar-refractivity contribution >= 4 is 46.8 Å². The predicted octanol–water partition coefficient (Wildman–Crippen LogP) is 3.30. The predicted molar refractivity (Wildman–Crippen MR) is 80.5 cm³/mol. The fraction of sp³-hybridized carbons (Fsp3) is 0.417. The number of anilines is 1. The van der Waals surface area contributed by atoms with Gasteiger partial charge in [-0.2, -0.15) is 23.5 Å². The largest absolute Gasteiger partial charge is 0.478 e. The fourth-order valence-electron chi connectivity index (χ4n) is 1.67. The minimum absolute atomic E-state index is 0.216. The molecule has 3 nitrogen and oxygen atoms in total. The van der Waals surface area contributed by atoms with Crippen LogP contribution in [-0.4, -0.2) is 40.1 Å². The minimum atomic E-state index is -0.956. The van der Waals surface area contributed by atoms with E-state index in [0.29, 0.717) is 10.3 Å². The Labute approximate surface area is 120 Å². The number of rotatable bonds is 4. The van der Waals surface area contributed by atoms with Gasteiger partial charge in [0.25, 0.3) is 0 Å². The zero-order valence-corrected chi connectivity index (χ0v) is 12.1. The van der Waals surface area contributed by atoms with Gasteiger partial charge in [-0.05, 0) is 18.2 Å². The molecule has 0 radical (unpaired) electrons. The molecule has 18 heavy (non-hydrogen) atoms. The topological polar surface area (TPSA) is 49.3 Å². The van der Waals surface area contributed by atoms with Crippen molar-refractivity contribution in [3.63, 3.8) is 0 Å². The first-order valence-corrected chi connectivity index (χ1v) is 8.21. The number of aromatic carboxylic acids is 1. The average Bonchev–Trinajstić information content (AvgIpc) is 2.38. The molecule has 1 heterocycles. The molecule has 1 aliphatic rings. The molecule has 0 bridgehead atoms. The number of hydrogen-bond acceptors (Lipinski definition) is 4. The summed E-state index contributed by atoms with van der Waals surface area (Å²) in [6.45, 7) is 0.865. The Hall–Kier alpha value is -0.520. The molecule has 0 aromatic heterocycles. The van der Waals surface area contributed by atoms with Gasteiger partial charge in [0.05, 0.1) is 16.3 Å². The lowest BCUT2D eigenvalue weighted by Gasteiger charge is -2.22. The summed E-state index contributed by atoms with van der Waals surface area (Å²) in [5.41, 5.74) is 1.02. The summed E-state index contributed by atoms with van der Waals surface area (Å²) in [7, 11) is 0. The summed E-state index contributed by atoms with van der Waals surface area (Å²) in [4.78, 5) is 10.8. The highest BCUT2D eigenvalue weighted by atomic mass is 35.5. The van der Waals surface area contributed by atoms with E-state index in [9.17, 15) is 4.79 Å². The number of carboxylic acids is 1. The van der Waals surface area contributed by atoms with Gasteiger partial charge in [0.15, 0.2) is 0 Å². The number of halogens is 1. The van der Waals surface area contributed by atoms with Gasteiger partial charge in [0, 0.05) is 29.1 Å². The van der Waals surface area contributed by atoms with Gasteiger partial charge in [0.2, 0.25) is 0 Å². The lowest BCUT2D eigenvalue weighted by Crippen LogP contribution is -2.23. The van der Waals surface area contributed by atoms with Crippen LogP contribution in [0.15, 0.2) is 18.2 Å². The molecule has 1 saturated heterocycles. The molecule has 98 valence electrons. The van der Waals surface area contributed by atoms with Crippen molar-refractivity contribution in [1.29, 1.82) is 0 Å². The number of thioether (sulfide) groups is 2. The SMILES string of the molecule is O=C(O)c1ccc(NCC2CSCCS2)c(Cl)c1. The van der Waals surface area contributed by atoms with Gasteiger partial charge in [-0.3, -0.25) is 0 Å². The third kappa shape index (κ3) is 3.73.